The van der Waals surface area contributed by atoms with E-state index in [-0.39, 0.29) is 15.9 Å². The SMILES string of the molecule is O=[N+]([O-])c1cccnc1Sc1nnc(-c2ccccc2)o1. The van der Waals surface area contributed by atoms with Crippen molar-refractivity contribution in [1.29, 1.82) is 0 Å². The van der Waals surface area contributed by atoms with Gasteiger partial charge in [-0.2, -0.15) is 0 Å². The summed E-state index contributed by atoms with van der Waals surface area (Å²) in [7, 11) is 0. The predicted molar refractivity (Wildman–Crippen MR) is 74.7 cm³/mol. The molecule has 0 fully saturated rings. The summed E-state index contributed by atoms with van der Waals surface area (Å²) in [5, 5.41) is 19.1. The second-order valence-electron chi connectivity index (χ2n) is 3.93. The molecule has 3 aromatic rings. The first-order valence-corrected chi connectivity index (χ1v) is 6.72. The van der Waals surface area contributed by atoms with Gasteiger partial charge in [0, 0.05) is 17.8 Å². The molecule has 0 bridgehead atoms. The van der Waals surface area contributed by atoms with E-state index in [1.165, 1.54) is 18.3 Å². The van der Waals surface area contributed by atoms with Crippen molar-refractivity contribution in [3.05, 3.63) is 58.8 Å². The smallest absolute Gasteiger partial charge is 0.301 e. The summed E-state index contributed by atoms with van der Waals surface area (Å²) in [6.45, 7) is 0. The first-order valence-electron chi connectivity index (χ1n) is 5.90. The Bertz CT molecular complexity index is 776. The topological polar surface area (TPSA) is 95.0 Å². The second kappa shape index (κ2) is 5.71. The lowest BCUT2D eigenvalue weighted by molar-refractivity contribution is -0.388. The Hall–Kier alpha value is -2.74. The van der Waals surface area contributed by atoms with Gasteiger partial charge in [0.15, 0.2) is 5.03 Å². The lowest BCUT2D eigenvalue weighted by Gasteiger charge is -1.97. The molecule has 21 heavy (non-hydrogen) atoms. The van der Waals surface area contributed by atoms with Crippen LogP contribution in [0.15, 0.2) is 63.3 Å². The van der Waals surface area contributed by atoms with Crippen molar-refractivity contribution in [3.63, 3.8) is 0 Å². The number of hydrogen-bond acceptors (Lipinski definition) is 7. The van der Waals surface area contributed by atoms with Crippen LogP contribution in [0.25, 0.3) is 11.5 Å². The van der Waals surface area contributed by atoms with Gasteiger partial charge in [-0.3, -0.25) is 10.1 Å². The van der Waals surface area contributed by atoms with Crippen LogP contribution < -0.4 is 0 Å². The Morgan fingerprint density at radius 2 is 1.90 bits per heavy atom. The van der Waals surface area contributed by atoms with Crippen LogP contribution in [0.1, 0.15) is 0 Å². The van der Waals surface area contributed by atoms with Crippen LogP contribution in [0.5, 0.6) is 0 Å². The molecule has 0 aliphatic rings. The lowest BCUT2D eigenvalue weighted by Crippen LogP contribution is -1.92. The van der Waals surface area contributed by atoms with Crippen LogP contribution in [-0.4, -0.2) is 20.1 Å². The maximum atomic E-state index is 10.9. The van der Waals surface area contributed by atoms with Crippen LogP contribution in [0.4, 0.5) is 5.69 Å². The molecule has 7 nitrogen and oxygen atoms in total. The summed E-state index contributed by atoms with van der Waals surface area (Å²) in [4.78, 5) is 14.4. The van der Waals surface area contributed by atoms with Gasteiger partial charge in [-0.15, -0.1) is 10.2 Å². The Labute approximate surface area is 123 Å². The van der Waals surface area contributed by atoms with E-state index in [2.05, 4.69) is 15.2 Å². The van der Waals surface area contributed by atoms with Gasteiger partial charge in [0.05, 0.1) is 4.92 Å². The third-order valence-corrected chi connectivity index (χ3v) is 3.41. The van der Waals surface area contributed by atoms with E-state index in [1.807, 2.05) is 30.3 Å². The molecule has 104 valence electrons. The van der Waals surface area contributed by atoms with Crippen LogP contribution in [0, 0.1) is 10.1 Å². The van der Waals surface area contributed by atoms with Crippen molar-refractivity contribution in [2.24, 2.45) is 0 Å². The summed E-state index contributed by atoms with van der Waals surface area (Å²) < 4.78 is 5.49. The van der Waals surface area contributed by atoms with E-state index in [0.717, 1.165) is 17.3 Å². The molecule has 2 heterocycles. The fourth-order valence-corrected chi connectivity index (χ4v) is 2.36. The van der Waals surface area contributed by atoms with Crippen molar-refractivity contribution in [2.45, 2.75) is 10.2 Å². The Morgan fingerprint density at radius 3 is 2.67 bits per heavy atom. The van der Waals surface area contributed by atoms with E-state index >= 15 is 0 Å². The summed E-state index contributed by atoms with van der Waals surface area (Å²) in [6, 6.07) is 12.2. The molecule has 3 rings (SSSR count). The molecule has 1 aromatic carbocycles. The maximum absolute atomic E-state index is 10.9. The fourth-order valence-electron chi connectivity index (χ4n) is 1.63. The van der Waals surface area contributed by atoms with Gasteiger partial charge >= 0.3 is 5.69 Å². The molecule has 0 aliphatic heterocycles. The molecule has 0 unspecified atom stereocenters. The minimum absolute atomic E-state index is 0.0954. The van der Waals surface area contributed by atoms with Gasteiger partial charge < -0.3 is 4.42 Å². The van der Waals surface area contributed by atoms with E-state index in [1.54, 1.807) is 0 Å². The fraction of sp³-hybridized carbons (Fsp3) is 0. The first kappa shape index (κ1) is 13.3. The summed E-state index contributed by atoms with van der Waals surface area (Å²) in [6.07, 6.45) is 1.48. The lowest BCUT2D eigenvalue weighted by atomic mass is 10.2. The third-order valence-electron chi connectivity index (χ3n) is 2.56. The van der Waals surface area contributed by atoms with Gasteiger partial charge in [-0.25, -0.2) is 4.98 Å². The molecule has 0 aliphatic carbocycles. The van der Waals surface area contributed by atoms with Gasteiger partial charge in [0.2, 0.25) is 5.89 Å². The number of nitro groups is 1. The molecule has 0 saturated carbocycles. The molecular weight excluding hydrogens is 292 g/mol. The summed E-state index contributed by atoms with van der Waals surface area (Å²) >= 11 is 0.965. The van der Waals surface area contributed by atoms with Crippen molar-refractivity contribution >= 4 is 17.4 Å². The molecule has 0 saturated heterocycles. The van der Waals surface area contributed by atoms with Crippen LogP contribution in [-0.2, 0) is 0 Å². The Kier molecular flexibility index (Phi) is 3.61. The normalized spacial score (nSPS) is 10.5. The van der Waals surface area contributed by atoms with Crippen LogP contribution >= 0.6 is 11.8 Å². The summed E-state index contributed by atoms with van der Waals surface area (Å²) in [5.41, 5.74) is 0.689. The number of aromatic nitrogens is 3. The highest BCUT2D eigenvalue weighted by Crippen LogP contribution is 2.33. The monoisotopic (exact) mass is 300 g/mol. The standard InChI is InChI=1S/C13H8N4O3S/c18-17(19)10-7-4-8-14-12(10)21-13-16-15-11(20-13)9-5-2-1-3-6-9/h1-8H. The third kappa shape index (κ3) is 2.90. The first-order chi connectivity index (χ1) is 10.2. The number of benzene rings is 1. The highest BCUT2D eigenvalue weighted by atomic mass is 32.2. The number of hydrogen-bond donors (Lipinski definition) is 0. The van der Waals surface area contributed by atoms with Gasteiger partial charge in [0.1, 0.15) is 0 Å². The van der Waals surface area contributed by atoms with Crippen molar-refractivity contribution in [2.75, 3.05) is 0 Å². The van der Waals surface area contributed by atoms with Crippen molar-refractivity contribution in [1.82, 2.24) is 15.2 Å². The number of pyridine rings is 1. The zero-order valence-electron chi connectivity index (χ0n) is 10.5. The zero-order valence-corrected chi connectivity index (χ0v) is 11.4. The Balaban J connectivity index is 1.87. The quantitative estimate of drug-likeness (QED) is 0.539. The molecular formula is C13H8N4O3S. The van der Waals surface area contributed by atoms with E-state index < -0.39 is 4.92 Å². The van der Waals surface area contributed by atoms with Crippen LogP contribution in [0.2, 0.25) is 0 Å². The highest BCUT2D eigenvalue weighted by molar-refractivity contribution is 7.99. The van der Waals surface area contributed by atoms with Gasteiger partial charge in [-0.05, 0) is 30.0 Å². The van der Waals surface area contributed by atoms with E-state index in [4.69, 9.17) is 4.42 Å². The van der Waals surface area contributed by atoms with E-state index in [0.29, 0.717) is 5.89 Å². The summed E-state index contributed by atoms with van der Waals surface area (Å²) in [5.74, 6) is 0.358. The molecule has 2 aromatic heterocycles. The number of nitrogens with zero attached hydrogens (tertiary/aromatic N) is 4. The second-order valence-corrected chi connectivity index (χ2v) is 4.87. The largest absolute Gasteiger partial charge is 0.411 e. The average Bonchev–Trinajstić information content (AvgIpc) is 2.97. The molecule has 0 atom stereocenters. The van der Waals surface area contributed by atoms with E-state index in [9.17, 15) is 10.1 Å². The maximum Gasteiger partial charge on any atom is 0.301 e. The Morgan fingerprint density at radius 1 is 1.10 bits per heavy atom. The van der Waals surface area contributed by atoms with Crippen LogP contribution in [0.3, 0.4) is 0 Å². The highest BCUT2D eigenvalue weighted by Gasteiger charge is 2.18. The van der Waals surface area contributed by atoms with Gasteiger partial charge in [0.25, 0.3) is 5.22 Å². The predicted octanol–water partition coefficient (Wildman–Crippen LogP) is 3.19. The van der Waals surface area contributed by atoms with Gasteiger partial charge in [-0.1, -0.05) is 18.2 Å². The van der Waals surface area contributed by atoms with Crippen molar-refractivity contribution < 1.29 is 9.34 Å². The minimum Gasteiger partial charge on any atom is -0.411 e. The van der Waals surface area contributed by atoms with Crippen molar-refractivity contribution in [3.8, 4) is 11.5 Å². The molecule has 0 spiro atoms. The minimum atomic E-state index is -0.496. The molecule has 0 amide bonds. The molecule has 0 radical (unpaired) electrons. The number of rotatable bonds is 4. The molecule has 0 N–H and O–H groups in total. The zero-order chi connectivity index (χ0) is 14.7. The average molecular weight is 300 g/mol. The molecule has 8 heteroatoms.